The largest absolute Gasteiger partial charge is 0.406 e. The van der Waals surface area contributed by atoms with Gasteiger partial charge in [0, 0.05) is 25.4 Å². The van der Waals surface area contributed by atoms with Crippen LogP contribution >= 0.6 is 0 Å². The summed E-state index contributed by atoms with van der Waals surface area (Å²) in [5.41, 5.74) is 0.00830. The summed E-state index contributed by atoms with van der Waals surface area (Å²) in [6, 6.07) is 2.65. The van der Waals surface area contributed by atoms with Crippen molar-refractivity contribution in [1.82, 2.24) is 9.47 Å². The smallest absolute Gasteiger partial charge is 0.396 e. The summed E-state index contributed by atoms with van der Waals surface area (Å²) in [5, 5.41) is 8.82. The Kier molecular flexibility index (Phi) is 5.62. The minimum atomic E-state index is -4.37. The van der Waals surface area contributed by atoms with Crippen LogP contribution < -0.4 is 0 Å². The number of rotatable bonds is 6. The van der Waals surface area contributed by atoms with E-state index in [1.54, 1.807) is 13.8 Å². The maximum absolute atomic E-state index is 12.4. The molecule has 0 aliphatic carbocycles. The SMILES string of the molecule is CC(C)N(CCCO)C(=O)c1cccn1CC(F)(F)F. The number of carbonyl (C=O) groups excluding carboxylic acids is 1. The van der Waals surface area contributed by atoms with Gasteiger partial charge in [-0.05, 0) is 32.4 Å². The number of carbonyl (C=O) groups is 1. The van der Waals surface area contributed by atoms with Crippen molar-refractivity contribution >= 4 is 5.91 Å². The van der Waals surface area contributed by atoms with Crippen LogP contribution in [0.4, 0.5) is 13.2 Å². The Balaban J connectivity index is 2.92. The van der Waals surface area contributed by atoms with Gasteiger partial charge in [0.15, 0.2) is 0 Å². The highest BCUT2D eigenvalue weighted by molar-refractivity contribution is 5.93. The molecule has 114 valence electrons. The van der Waals surface area contributed by atoms with Gasteiger partial charge in [-0.3, -0.25) is 4.79 Å². The molecule has 0 aliphatic heterocycles. The van der Waals surface area contributed by atoms with Crippen LogP contribution in [0.1, 0.15) is 30.8 Å². The predicted molar refractivity (Wildman–Crippen MR) is 68.4 cm³/mol. The van der Waals surface area contributed by atoms with Gasteiger partial charge in [-0.25, -0.2) is 0 Å². The molecule has 0 saturated carbocycles. The lowest BCUT2D eigenvalue weighted by Gasteiger charge is -2.27. The summed E-state index contributed by atoms with van der Waals surface area (Å²) in [4.78, 5) is 13.8. The average molecular weight is 292 g/mol. The third kappa shape index (κ3) is 4.56. The van der Waals surface area contributed by atoms with Crippen molar-refractivity contribution in [1.29, 1.82) is 0 Å². The van der Waals surface area contributed by atoms with Crippen molar-refractivity contribution in [2.75, 3.05) is 13.2 Å². The van der Waals surface area contributed by atoms with Crippen LogP contribution in [-0.2, 0) is 6.54 Å². The first kappa shape index (κ1) is 16.6. The van der Waals surface area contributed by atoms with Crippen molar-refractivity contribution < 1.29 is 23.1 Å². The first-order valence-electron chi connectivity index (χ1n) is 6.40. The van der Waals surface area contributed by atoms with Crippen LogP contribution in [0.3, 0.4) is 0 Å². The molecule has 0 aromatic carbocycles. The van der Waals surface area contributed by atoms with Gasteiger partial charge >= 0.3 is 6.18 Å². The molecule has 4 nitrogen and oxygen atoms in total. The number of halogens is 3. The normalized spacial score (nSPS) is 11.9. The summed E-state index contributed by atoms with van der Waals surface area (Å²) in [5.74, 6) is -0.456. The molecule has 20 heavy (non-hydrogen) atoms. The molecule has 1 rings (SSSR count). The lowest BCUT2D eigenvalue weighted by Crippen LogP contribution is -2.39. The first-order valence-corrected chi connectivity index (χ1v) is 6.40. The van der Waals surface area contributed by atoms with E-state index in [-0.39, 0.29) is 18.3 Å². The van der Waals surface area contributed by atoms with Crippen molar-refractivity contribution in [3.8, 4) is 0 Å². The second-order valence-electron chi connectivity index (χ2n) is 4.81. The summed E-state index contributed by atoms with van der Waals surface area (Å²) in [7, 11) is 0. The molecule has 0 fully saturated rings. The van der Waals surface area contributed by atoms with E-state index in [4.69, 9.17) is 5.11 Å². The van der Waals surface area contributed by atoms with Crippen LogP contribution in [0.25, 0.3) is 0 Å². The minimum Gasteiger partial charge on any atom is -0.396 e. The zero-order valence-corrected chi connectivity index (χ0v) is 11.5. The highest BCUT2D eigenvalue weighted by Gasteiger charge is 2.30. The zero-order valence-electron chi connectivity index (χ0n) is 11.5. The van der Waals surface area contributed by atoms with E-state index in [9.17, 15) is 18.0 Å². The number of hydrogen-bond donors (Lipinski definition) is 1. The maximum Gasteiger partial charge on any atom is 0.406 e. The second kappa shape index (κ2) is 6.78. The Morgan fingerprint density at radius 1 is 1.45 bits per heavy atom. The van der Waals surface area contributed by atoms with Gasteiger partial charge in [-0.2, -0.15) is 13.2 Å². The Labute approximate surface area is 115 Å². The fraction of sp³-hybridized carbons (Fsp3) is 0.615. The fourth-order valence-electron chi connectivity index (χ4n) is 1.92. The number of nitrogens with zero attached hydrogens (tertiary/aromatic N) is 2. The fourth-order valence-corrected chi connectivity index (χ4v) is 1.92. The molecule has 1 aromatic heterocycles. The van der Waals surface area contributed by atoms with Crippen molar-refractivity contribution in [3.05, 3.63) is 24.0 Å². The highest BCUT2D eigenvalue weighted by atomic mass is 19.4. The number of aromatic nitrogens is 1. The van der Waals surface area contributed by atoms with Crippen molar-refractivity contribution in [2.45, 2.75) is 39.0 Å². The van der Waals surface area contributed by atoms with Crippen LogP contribution in [0, 0.1) is 0 Å². The van der Waals surface area contributed by atoms with E-state index in [1.165, 1.54) is 23.2 Å². The molecule has 0 aliphatic rings. The Morgan fingerprint density at radius 2 is 2.10 bits per heavy atom. The average Bonchev–Trinajstić information content (AvgIpc) is 2.74. The molecule has 1 aromatic rings. The van der Waals surface area contributed by atoms with Gasteiger partial charge in [-0.15, -0.1) is 0 Å². The van der Waals surface area contributed by atoms with Gasteiger partial charge in [-0.1, -0.05) is 0 Å². The number of hydrogen-bond acceptors (Lipinski definition) is 2. The highest BCUT2D eigenvalue weighted by Crippen LogP contribution is 2.20. The number of amides is 1. The van der Waals surface area contributed by atoms with Crippen molar-refractivity contribution in [3.63, 3.8) is 0 Å². The molecule has 0 spiro atoms. The quantitative estimate of drug-likeness (QED) is 0.874. The summed E-state index contributed by atoms with van der Waals surface area (Å²) in [6.07, 6.45) is -2.74. The third-order valence-electron chi connectivity index (χ3n) is 2.84. The minimum absolute atomic E-state index is 0.00830. The Hall–Kier alpha value is -1.50. The van der Waals surface area contributed by atoms with Gasteiger partial charge in [0.05, 0.1) is 0 Å². The number of alkyl halides is 3. The van der Waals surface area contributed by atoms with Crippen LogP contribution in [0.2, 0.25) is 0 Å². The number of aliphatic hydroxyl groups is 1. The van der Waals surface area contributed by atoms with E-state index < -0.39 is 18.6 Å². The molecule has 0 atom stereocenters. The molecule has 0 unspecified atom stereocenters. The van der Waals surface area contributed by atoms with E-state index in [2.05, 4.69) is 0 Å². The summed E-state index contributed by atoms with van der Waals surface area (Å²) >= 11 is 0. The van der Waals surface area contributed by atoms with Gasteiger partial charge in [0.2, 0.25) is 0 Å². The van der Waals surface area contributed by atoms with E-state index in [0.29, 0.717) is 13.0 Å². The van der Waals surface area contributed by atoms with Gasteiger partial charge in [0.1, 0.15) is 12.2 Å². The lowest BCUT2D eigenvalue weighted by molar-refractivity contribution is -0.140. The predicted octanol–water partition coefficient (Wildman–Crippen LogP) is 2.28. The van der Waals surface area contributed by atoms with Crippen LogP contribution in [-0.4, -0.2) is 45.9 Å². The Morgan fingerprint density at radius 3 is 2.60 bits per heavy atom. The second-order valence-corrected chi connectivity index (χ2v) is 4.81. The standard InChI is InChI=1S/C13H19F3N2O2/c1-10(2)18(7-4-8-19)12(20)11-5-3-6-17(11)9-13(14,15)16/h3,5-6,10,19H,4,7-9H2,1-2H3. The Bertz CT molecular complexity index is 441. The number of aliphatic hydroxyl groups excluding tert-OH is 1. The van der Waals surface area contributed by atoms with Gasteiger partial charge in [0.25, 0.3) is 5.91 Å². The molecule has 0 radical (unpaired) electrons. The topological polar surface area (TPSA) is 45.5 Å². The monoisotopic (exact) mass is 292 g/mol. The summed E-state index contributed by atoms with van der Waals surface area (Å²) in [6.45, 7) is 2.62. The third-order valence-corrected chi connectivity index (χ3v) is 2.84. The molecular weight excluding hydrogens is 273 g/mol. The van der Waals surface area contributed by atoms with E-state index in [0.717, 1.165) is 4.57 Å². The van der Waals surface area contributed by atoms with E-state index in [1.807, 2.05) is 0 Å². The zero-order chi connectivity index (χ0) is 15.3. The lowest BCUT2D eigenvalue weighted by atomic mass is 10.2. The van der Waals surface area contributed by atoms with Crippen molar-refractivity contribution in [2.24, 2.45) is 0 Å². The molecule has 1 heterocycles. The molecule has 0 bridgehead atoms. The molecule has 1 N–H and O–H groups in total. The maximum atomic E-state index is 12.4. The summed E-state index contributed by atoms with van der Waals surface area (Å²) < 4.78 is 38.2. The molecule has 7 heteroatoms. The molecule has 0 saturated heterocycles. The molecular formula is C13H19F3N2O2. The first-order chi connectivity index (χ1) is 9.26. The van der Waals surface area contributed by atoms with Crippen LogP contribution in [0.15, 0.2) is 18.3 Å². The molecule has 1 amide bonds. The van der Waals surface area contributed by atoms with E-state index >= 15 is 0 Å². The van der Waals surface area contributed by atoms with Gasteiger partial charge < -0.3 is 14.6 Å². The van der Waals surface area contributed by atoms with Crippen LogP contribution in [0.5, 0.6) is 0 Å².